The van der Waals surface area contributed by atoms with E-state index in [9.17, 15) is 9.59 Å². The van der Waals surface area contributed by atoms with Gasteiger partial charge < -0.3 is 16.4 Å². The fourth-order valence-corrected chi connectivity index (χ4v) is 7.45. The number of nitrogens with two attached hydrogens (primary N) is 1. The van der Waals surface area contributed by atoms with Crippen LogP contribution in [0.4, 0.5) is 0 Å². The van der Waals surface area contributed by atoms with Crippen molar-refractivity contribution in [2.45, 2.75) is 246 Å². The molecule has 0 unspecified atom stereocenters. The third-order valence-electron chi connectivity index (χ3n) is 12.1. The van der Waals surface area contributed by atoms with Crippen LogP contribution in [0.25, 0.3) is 0 Å². The van der Waals surface area contributed by atoms with Gasteiger partial charge in [-0.1, -0.05) is 155 Å². The molecule has 0 bridgehead atoms. The number of carbonyl (C=O) groups excluding carboxylic acids is 2. The van der Waals surface area contributed by atoms with Crippen molar-refractivity contribution in [2.24, 2.45) is 11.1 Å². The zero-order valence-corrected chi connectivity index (χ0v) is 38.6. The van der Waals surface area contributed by atoms with Crippen LogP contribution in [0.5, 0.6) is 0 Å². The Labute approximate surface area is 350 Å². The molecule has 0 aliphatic heterocycles. The Balaban J connectivity index is 4.81. The first kappa shape index (κ1) is 54.5. The molecule has 0 aliphatic carbocycles. The number of imide groups is 1. The number of carbonyl (C=O) groups is 2. The van der Waals surface area contributed by atoms with Crippen molar-refractivity contribution in [3.63, 3.8) is 0 Å². The molecule has 0 saturated carbocycles. The Hall–Kier alpha value is -1.50. The van der Waals surface area contributed by atoms with Gasteiger partial charge in [-0.25, -0.2) is 0 Å². The highest BCUT2D eigenvalue weighted by molar-refractivity contribution is 5.96. The lowest BCUT2D eigenvalue weighted by molar-refractivity contribution is -0.156. The summed E-state index contributed by atoms with van der Waals surface area (Å²) < 4.78 is 0. The highest BCUT2D eigenvalue weighted by Crippen LogP contribution is 2.37. The number of rotatable bonds is 42. The summed E-state index contributed by atoms with van der Waals surface area (Å²) in [6.07, 6.45) is 45.7. The van der Waals surface area contributed by atoms with Crippen LogP contribution < -0.4 is 16.4 Å². The summed E-state index contributed by atoms with van der Waals surface area (Å²) >= 11 is 0. The molecule has 0 rings (SSSR count). The number of hydrogen-bond donors (Lipinski definition) is 3. The Bertz CT molecular complexity index is 891. The second-order valence-corrected chi connectivity index (χ2v) is 18.0. The van der Waals surface area contributed by atoms with Gasteiger partial charge >= 0.3 is 0 Å². The van der Waals surface area contributed by atoms with E-state index >= 15 is 0 Å². The lowest BCUT2D eigenvalue weighted by Crippen LogP contribution is -2.61. The van der Waals surface area contributed by atoms with Gasteiger partial charge in [0, 0.05) is 24.8 Å². The van der Waals surface area contributed by atoms with E-state index in [1.807, 2.05) is 0 Å². The summed E-state index contributed by atoms with van der Waals surface area (Å²) in [4.78, 5) is 29.6. The second kappa shape index (κ2) is 39.0. The number of allylic oxidation sites excluding steroid dienone is 4. The highest BCUT2D eigenvalue weighted by atomic mass is 16.2. The largest absolute Gasteiger partial charge is 0.330 e. The molecule has 6 heteroatoms. The third kappa shape index (κ3) is 30.6. The van der Waals surface area contributed by atoms with E-state index in [4.69, 9.17) is 5.73 Å². The molecule has 0 aliphatic rings. The zero-order valence-electron chi connectivity index (χ0n) is 38.6. The standard InChI is InChI=1S/C50H98N4O2/c1-7-9-11-13-15-17-19-21-23-25-27-29-31-33-35-40-47(55)54(50(5,6)49(3,4)46-53-44-38-37-43-52-45-39-42-51)48(56)41-36-34-32-30-28-26-24-22-20-18-16-14-12-10-8-2/h21-24,52-53H,7-20,25-46,51H2,1-6H3/b23-21-,24-22-. The van der Waals surface area contributed by atoms with Crippen molar-refractivity contribution in [3.05, 3.63) is 24.3 Å². The van der Waals surface area contributed by atoms with Crippen molar-refractivity contribution >= 4 is 11.8 Å². The minimum Gasteiger partial charge on any atom is -0.330 e. The molecule has 0 aromatic rings. The number of nitrogens with one attached hydrogen (secondary N) is 2. The molecule has 0 atom stereocenters. The summed E-state index contributed by atoms with van der Waals surface area (Å²) in [7, 11) is 0. The van der Waals surface area contributed by atoms with Crippen molar-refractivity contribution in [2.75, 3.05) is 32.7 Å². The van der Waals surface area contributed by atoms with Gasteiger partial charge in [-0.05, 0) is 123 Å². The quantitative estimate of drug-likeness (QED) is 0.0424. The molecule has 0 fully saturated rings. The Morgan fingerprint density at radius 1 is 0.464 bits per heavy atom. The minimum absolute atomic E-state index is 0.0157. The average Bonchev–Trinajstić information content (AvgIpc) is 3.17. The van der Waals surface area contributed by atoms with Crippen LogP contribution >= 0.6 is 0 Å². The van der Waals surface area contributed by atoms with Gasteiger partial charge in [-0.3, -0.25) is 14.5 Å². The van der Waals surface area contributed by atoms with Gasteiger partial charge in [0.1, 0.15) is 0 Å². The van der Waals surface area contributed by atoms with Gasteiger partial charge in [0.25, 0.3) is 0 Å². The van der Waals surface area contributed by atoms with E-state index in [0.717, 1.165) is 103 Å². The second-order valence-electron chi connectivity index (χ2n) is 18.0. The van der Waals surface area contributed by atoms with Crippen molar-refractivity contribution in [1.82, 2.24) is 15.5 Å². The van der Waals surface area contributed by atoms with Crippen LogP contribution in [-0.4, -0.2) is 55.0 Å². The van der Waals surface area contributed by atoms with Gasteiger partial charge in [-0.2, -0.15) is 0 Å². The van der Waals surface area contributed by atoms with Crippen LogP contribution in [0, 0.1) is 5.41 Å². The maximum absolute atomic E-state index is 13.9. The van der Waals surface area contributed by atoms with Gasteiger partial charge in [0.15, 0.2) is 0 Å². The van der Waals surface area contributed by atoms with Crippen molar-refractivity contribution < 1.29 is 9.59 Å². The van der Waals surface area contributed by atoms with E-state index in [2.05, 4.69) is 76.5 Å². The molecule has 330 valence electrons. The average molecular weight is 787 g/mol. The molecule has 56 heavy (non-hydrogen) atoms. The van der Waals surface area contributed by atoms with Crippen LogP contribution in [0.15, 0.2) is 24.3 Å². The summed E-state index contributed by atoms with van der Waals surface area (Å²) in [5, 5.41) is 7.12. The van der Waals surface area contributed by atoms with Crippen LogP contribution in [0.1, 0.15) is 241 Å². The van der Waals surface area contributed by atoms with Gasteiger partial charge in [-0.15, -0.1) is 0 Å². The summed E-state index contributed by atoms with van der Waals surface area (Å²) in [6, 6.07) is 0. The van der Waals surface area contributed by atoms with E-state index in [-0.39, 0.29) is 17.2 Å². The van der Waals surface area contributed by atoms with Crippen molar-refractivity contribution in [3.8, 4) is 0 Å². The van der Waals surface area contributed by atoms with Crippen LogP contribution in [0.2, 0.25) is 0 Å². The van der Waals surface area contributed by atoms with E-state index in [1.165, 1.54) is 116 Å². The predicted molar refractivity (Wildman–Crippen MR) is 247 cm³/mol. The molecule has 6 nitrogen and oxygen atoms in total. The van der Waals surface area contributed by atoms with Crippen LogP contribution in [0.3, 0.4) is 0 Å². The predicted octanol–water partition coefficient (Wildman–Crippen LogP) is 13.5. The first-order chi connectivity index (χ1) is 27.2. The first-order valence-corrected chi connectivity index (χ1v) is 24.4. The Morgan fingerprint density at radius 3 is 1.20 bits per heavy atom. The SMILES string of the molecule is CCCCCCCC/C=C\CCCCCCCC(=O)N(C(=O)CCCCCCC/C=C\CCCCCCCC)C(C)(C)C(C)(C)CNCCCCNCCCN. The van der Waals surface area contributed by atoms with Gasteiger partial charge in [0.05, 0.1) is 5.54 Å². The molecule has 4 N–H and O–H groups in total. The molecule has 0 aromatic carbocycles. The highest BCUT2D eigenvalue weighted by Gasteiger charge is 2.46. The fourth-order valence-electron chi connectivity index (χ4n) is 7.45. The number of nitrogens with zero attached hydrogens (tertiary/aromatic N) is 1. The maximum Gasteiger partial charge on any atom is 0.229 e. The van der Waals surface area contributed by atoms with Gasteiger partial charge in [0.2, 0.25) is 11.8 Å². The summed E-state index contributed by atoms with van der Waals surface area (Å²) in [5.74, 6) is 0.0315. The minimum atomic E-state index is -0.596. The number of amides is 2. The lowest BCUT2D eigenvalue weighted by atomic mass is 9.72. The van der Waals surface area contributed by atoms with E-state index in [0.29, 0.717) is 12.8 Å². The third-order valence-corrected chi connectivity index (χ3v) is 12.1. The normalized spacial score (nSPS) is 12.4. The van der Waals surface area contributed by atoms with Crippen molar-refractivity contribution in [1.29, 1.82) is 0 Å². The van der Waals surface area contributed by atoms with Crippen LogP contribution in [-0.2, 0) is 9.59 Å². The fraction of sp³-hybridized carbons (Fsp3) is 0.880. The molecule has 0 heterocycles. The summed E-state index contributed by atoms with van der Waals surface area (Å²) in [5.41, 5.74) is 4.73. The number of unbranched alkanes of at least 4 members (excludes halogenated alkanes) is 23. The number of hydrogen-bond acceptors (Lipinski definition) is 5. The first-order valence-electron chi connectivity index (χ1n) is 24.4. The Kier molecular flexibility index (Phi) is 37.9. The topological polar surface area (TPSA) is 87.5 Å². The molecular formula is C50H98N4O2. The molecule has 0 aromatic heterocycles. The summed E-state index contributed by atoms with van der Waals surface area (Å²) in [6.45, 7) is 17.6. The monoisotopic (exact) mass is 787 g/mol. The molecular weight excluding hydrogens is 689 g/mol. The molecule has 0 saturated heterocycles. The van der Waals surface area contributed by atoms with E-state index < -0.39 is 5.54 Å². The lowest BCUT2D eigenvalue weighted by Gasteiger charge is -2.48. The maximum atomic E-state index is 13.9. The Morgan fingerprint density at radius 2 is 0.804 bits per heavy atom. The molecule has 2 amide bonds. The zero-order chi connectivity index (χ0) is 41.4. The molecule has 0 spiro atoms. The smallest absolute Gasteiger partial charge is 0.229 e. The molecule has 0 radical (unpaired) electrons. The van der Waals surface area contributed by atoms with E-state index in [1.54, 1.807) is 4.90 Å².